The van der Waals surface area contributed by atoms with E-state index < -0.39 is 35.1 Å². The molecule has 0 bridgehead atoms. The predicted octanol–water partition coefficient (Wildman–Crippen LogP) is 2.95. The van der Waals surface area contributed by atoms with Crippen molar-refractivity contribution in [3.05, 3.63) is 35.9 Å². The van der Waals surface area contributed by atoms with Crippen LogP contribution in [0.25, 0.3) is 0 Å². The summed E-state index contributed by atoms with van der Waals surface area (Å²) < 4.78 is 4.90. The lowest BCUT2D eigenvalue weighted by Gasteiger charge is -2.23. The van der Waals surface area contributed by atoms with E-state index in [9.17, 15) is 19.2 Å². The highest BCUT2D eigenvalue weighted by atomic mass is 35.5. The Labute approximate surface area is 156 Å². The molecule has 1 aromatic carbocycles. The number of anilines is 2. The number of hydrogen-bond donors (Lipinski definition) is 2. The average molecular weight is 381 g/mol. The van der Waals surface area contributed by atoms with Gasteiger partial charge >= 0.3 is 5.97 Å². The van der Waals surface area contributed by atoms with Crippen molar-refractivity contribution in [2.24, 2.45) is 5.41 Å². The first-order valence-corrected chi connectivity index (χ1v) is 8.09. The van der Waals surface area contributed by atoms with Crippen LogP contribution in [0.5, 0.6) is 0 Å². The summed E-state index contributed by atoms with van der Waals surface area (Å²) >= 11 is 6.05. The van der Waals surface area contributed by atoms with Crippen LogP contribution >= 0.6 is 11.6 Å². The molecule has 0 heterocycles. The van der Waals surface area contributed by atoms with Crippen LogP contribution in [0.3, 0.4) is 0 Å². The highest BCUT2D eigenvalue weighted by Gasteiger charge is 2.37. The second-order valence-corrected chi connectivity index (χ2v) is 6.89. The van der Waals surface area contributed by atoms with Gasteiger partial charge in [-0.3, -0.25) is 19.2 Å². The van der Waals surface area contributed by atoms with Crippen LogP contribution in [0.15, 0.2) is 30.9 Å². The molecule has 1 aromatic rings. The maximum absolute atomic E-state index is 12.5. The lowest BCUT2D eigenvalue weighted by molar-refractivity contribution is -0.160. The summed E-state index contributed by atoms with van der Waals surface area (Å²) in [4.78, 5) is 47.6. The maximum atomic E-state index is 12.5. The Morgan fingerprint density at radius 1 is 1.19 bits per heavy atom. The van der Waals surface area contributed by atoms with Gasteiger partial charge in [-0.15, -0.1) is 0 Å². The van der Waals surface area contributed by atoms with E-state index in [0.29, 0.717) is 5.69 Å². The summed E-state index contributed by atoms with van der Waals surface area (Å²) in [6, 6.07) is 4.40. The molecule has 0 aliphatic carbocycles. The van der Waals surface area contributed by atoms with Crippen LogP contribution < -0.4 is 10.6 Å². The zero-order valence-corrected chi connectivity index (χ0v) is 15.8. The van der Waals surface area contributed by atoms with E-state index >= 15 is 0 Å². The van der Waals surface area contributed by atoms with Crippen molar-refractivity contribution in [2.75, 3.05) is 10.6 Å². The largest absolute Gasteiger partial charge is 0.444 e. The number of Topliss-reactive ketones (excluding diaryl/α,β-unsaturated/α-hetero) is 1. The van der Waals surface area contributed by atoms with Gasteiger partial charge in [0, 0.05) is 18.0 Å². The van der Waals surface area contributed by atoms with Gasteiger partial charge in [0.25, 0.3) is 5.91 Å². The molecule has 1 rings (SSSR count). The Bertz CT molecular complexity index is 752. The molecule has 0 radical (unpaired) electrons. The van der Waals surface area contributed by atoms with Crippen LogP contribution in [-0.4, -0.2) is 29.7 Å². The van der Waals surface area contributed by atoms with Crippen molar-refractivity contribution in [3.63, 3.8) is 0 Å². The van der Waals surface area contributed by atoms with Crippen LogP contribution in [-0.2, 0) is 23.9 Å². The molecular formula is C18H21ClN2O5. The number of nitrogens with one attached hydrogen (secondary N) is 2. The van der Waals surface area contributed by atoms with Crippen molar-refractivity contribution in [1.82, 2.24) is 0 Å². The second kappa shape index (κ2) is 8.62. The highest BCUT2D eigenvalue weighted by molar-refractivity contribution is 6.34. The van der Waals surface area contributed by atoms with Crippen LogP contribution in [0.2, 0.25) is 5.02 Å². The Morgan fingerprint density at radius 2 is 1.81 bits per heavy atom. The van der Waals surface area contributed by atoms with Gasteiger partial charge in [0.05, 0.1) is 10.7 Å². The molecule has 2 N–H and O–H groups in total. The summed E-state index contributed by atoms with van der Waals surface area (Å²) in [5, 5.41) is 5.16. The molecule has 0 aliphatic rings. The van der Waals surface area contributed by atoms with Gasteiger partial charge in [-0.2, -0.15) is 0 Å². The number of carbonyl (C=O) groups excluding carboxylic acids is 4. The van der Waals surface area contributed by atoms with Crippen molar-refractivity contribution < 1.29 is 23.9 Å². The van der Waals surface area contributed by atoms with E-state index in [1.54, 1.807) is 20.8 Å². The number of amides is 2. The van der Waals surface area contributed by atoms with Gasteiger partial charge in [0.15, 0.2) is 5.78 Å². The van der Waals surface area contributed by atoms with E-state index in [0.717, 1.165) is 13.0 Å². The predicted molar refractivity (Wildman–Crippen MR) is 98.9 cm³/mol. The molecule has 8 heteroatoms. The normalized spacial score (nSPS) is 11.9. The lowest BCUT2D eigenvalue weighted by atomic mass is 9.87. The number of halogens is 1. The molecule has 0 spiro atoms. The first kappa shape index (κ1) is 21.4. The molecule has 7 nitrogen and oxygen atoms in total. The fourth-order valence-corrected chi connectivity index (χ4v) is 2.04. The number of hydrogen-bond acceptors (Lipinski definition) is 5. The first-order chi connectivity index (χ1) is 12.0. The van der Waals surface area contributed by atoms with Crippen LogP contribution in [0.4, 0.5) is 11.4 Å². The molecule has 1 atom stereocenters. The molecular weight excluding hydrogens is 360 g/mol. The van der Waals surface area contributed by atoms with E-state index in [1.807, 2.05) is 0 Å². The van der Waals surface area contributed by atoms with Crippen molar-refractivity contribution in [2.45, 2.75) is 33.8 Å². The standard InChI is InChI=1S/C18H21ClN2O5/c1-6-14(23)20-11-7-8-12(19)13(9-11)21-17(25)15(26-10(2)22)16(24)18(3,4)5/h6-9,15H,1H2,2-5H3,(H,20,23)(H,21,25). The molecule has 0 aliphatic heterocycles. The average Bonchev–Trinajstić information content (AvgIpc) is 2.53. The molecule has 0 fully saturated rings. The highest BCUT2D eigenvalue weighted by Crippen LogP contribution is 2.27. The fourth-order valence-electron chi connectivity index (χ4n) is 1.88. The quantitative estimate of drug-likeness (QED) is 0.449. The van der Waals surface area contributed by atoms with Crippen molar-refractivity contribution >= 4 is 46.5 Å². The smallest absolute Gasteiger partial charge is 0.303 e. The number of rotatable bonds is 6. The summed E-state index contributed by atoms with van der Waals surface area (Å²) in [6.07, 6.45) is -0.527. The number of ketones is 1. The summed E-state index contributed by atoms with van der Waals surface area (Å²) in [6.45, 7) is 9.28. The molecule has 140 valence electrons. The zero-order valence-electron chi connectivity index (χ0n) is 15.0. The molecule has 0 aromatic heterocycles. The van der Waals surface area contributed by atoms with E-state index in [4.69, 9.17) is 16.3 Å². The van der Waals surface area contributed by atoms with Gasteiger partial charge in [-0.25, -0.2) is 0 Å². The Balaban J connectivity index is 3.10. The molecule has 2 amide bonds. The monoisotopic (exact) mass is 380 g/mol. The maximum Gasteiger partial charge on any atom is 0.303 e. The number of ether oxygens (including phenoxy) is 1. The van der Waals surface area contributed by atoms with Gasteiger partial charge < -0.3 is 15.4 Å². The molecule has 0 saturated heterocycles. The fraction of sp³-hybridized carbons (Fsp3) is 0.333. The number of esters is 1. The summed E-state index contributed by atoms with van der Waals surface area (Å²) in [5.74, 6) is -2.60. The minimum atomic E-state index is -1.62. The van der Waals surface area contributed by atoms with Crippen molar-refractivity contribution in [1.29, 1.82) is 0 Å². The molecule has 1 unspecified atom stereocenters. The van der Waals surface area contributed by atoms with Gasteiger partial charge in [0.1, 0.15) is 0 Å². The topological polar surface area (TPSA) is 102 Å². The first-order valence-electron chi connectivity index (χ1n) is 7.71. The number of benzene rings is 1. The molecule has 0 saturated carbocycles. The van der Waals surface area contributed by atoms with Gasteiger partial charge in [-0.05, 0) is 24.3 Å². The summed E-state index contributed by atoms with van der Waals surface area (Å²) in [7, 11) is 0. The summed E-state index contributed by atoms with van der Waals surface area (Å²) in [5.41, 5.74) is -0.390. The third kappa shape index (κ3) is 6.00. The number of carbonyl (C=O) groups is 4. The zero-order chi connectivity index (χ0) is 20.1. The minimum Gasteiger partial charge on any atom is -0.444 e. The Morgan fingerprint density at radius 3 is 2.31 bits per heavy atom. The van der Waals surface area contributed by atoms with Gasteiger partial charge in [0.2, 0.25) is 12.0 Å². The third-order valence-electron chi connectivity index (χ3n) is 3.18. The van der Waals surface area contributed by atoms with E-state index in [2.05, 4.69) is 17.2 Å². The SMILES string of the molecule is C=CC(=O)Nc1ccc(Cl)c(NC(=O)C(OC(C)=O)C(=O)C(C)(C)C)c1. The second-order valence-electron chi connectivity index (χ2n) is 6.48. The van der Waals surface area contributed by atoms with E-state index in [1.165, 1.54) is 18.2 Å². The van der Waals surface area contributed by atoms with Crippen LogP contribution in [0.1, 0.15) is 27.7 Å². The Kier molecular flexibility index (Phi) is 7.09. The van der Waals surface area contributed by atoms with Crippen LogP contribution in [0, 0.1) is 5.41 Å². The Hall–Kier alpha value is -2.67. The third-order valence-corrected chi connectivity index (χ3v) is 3.51. The van der Waals surface area contributed by atoms with Gasteiger partial charge in [-0.1, -0.05) is 39.0 Å². The lowest BCUT2D eigenvalue weighted by Crippen LogP contribution is -2.44. The minimum absolute atomic E-state index is 0.150. The van der Waals surface area contributed by atoms with Crippen molar-refractivity contribution in [3.8, 4) is 0 Å². The molecule has 26 heavy (non-hydrogen) atoms. The van der Waals surface area contributed by atoms with E-state index in [-0.39, 0.29) is 10.7 Å².